The normalized spacial score (nSPS) is 16.0. The molecule has 28 heavy (non-hydrogen) atoms. The van der Waals surface area contributed by atoms with Gasteiger partial charge in [-0.2, -0.15) is 5.10 Å². The fourth-order valence-corrected chi connectivity index (χ4v) is 3.93. The highest BCUT2D eigenvalue weighted by Crippen LogP contribution is 2.22. The molecule has 0 atom stereocenters. The molecule has 2 N–H and O–H groups in total. The molecule has 0 spiro atoms. The van der Waals surface area contributed by atoms with Crippen LogP contribution in [0.2, 0.25) is 0 Å². The molecule has 0 bridgehead atoms. The van der Waals surface area contributed by atoms with E-state index in [9.17, 15) is 4.79 Å². The van der Waals surface area contributed by atoms with Crippen molar-refractivity contribution in [2.75, 3.05) is 32.5 Å². The lowest BCUT2D eigenvalue weighted by Crippen LogP contribution is -2.41. The second-order valence-electron chi connectivity index (χ2n) is 7.74. The minimum Gasteiger partial charge on any atom is -0.320 e. The zero-order valence-corrected chi connectivity index (χ0v) is 16.5. The summed E-state index contributed by atoms with van der Waals surface area (Å²) in [4.78, 5) is 17.6. The minimum atomic E-state index is -0.106. The fourth-order valence-electron chi connectivity index (χ4n) is 3.93. The first-order valence-corrected chi connectivity index (χ1v) is 9.81. The highest BCUT2D eigenvalue weighted by molar-refractivity contribution is 6.08. The van der Waals surface area contributed by atoms with Crippen molar-refractivity contribution in [1.29, 1.82) is 0 Å². The molecule has 3 aromatic rings. The summed E-state index contributed by atoms with van der Waals surface area (Å²) in [6, 6.07) is 14.3. The SMILES string of the molecule is CN1CCC(N(C)Cc2cccc(C(=O)Nc3cccc4cn[nH]c34)c2)CC1. The van der Waals surface area contributed by atoms with Gasteiger partial charge in [-0.15, -0.1) is 0 Å². The molecule has 6 nitrogen and oxygen atoms in total. The number of rotatable bonds is 5. The van der Waals surface area contributed by atoms with Crippen LogP contribution in [0.15, 0.2) is 48.7 Å². The molecule has 6 heteroatoms. The van der Waals surface area contributed by atoms with Crippen LogP contribution in [-0.4, -0.2) is 59.1 Å². The number of amides is 1. The number of likely N-dealkylation sites (tertiary alicyclic amines) is 1. The molecule has 1 saturated heterocycles. The number of piperidine rings is 1. The van der Waals surface area contributed by atoms with Crippen LogP contribution in [0.4, 0.5) is 5.69 Å². The van der Waals surface area contributed by atoms with Gasteiger partial charge in [-0.05, 0) is 63.8 Å². The predicted molar refractivity (Wildman–Crippen MR) is 112 cm³/mol. The van der Waals surface area contributed by atoms with Crippen LogP contribution in [-0.2, 0) is 6.54 Å². The van der Waals surface area contributed by atoms with Gasteiger partial charge < -0.3 is 10.2 Å². The first-order valence-electron chi connectivity index (χ1n) is 9.81. The van der Waals surface area contributed by atoms with Crippen molar-refractivity contribution in [1.82, 2.24) is 20.0 Å². The summed E-state index contributed by atoms with van der Waals surface area (Å²) in [5, 5.41) is 11.0. The lowest BCUT2D eigenvalue weighted by Gasteiger charge is -2.35. The van der Waals surface area contributed by atoms with Gasteiger partial charge in [0.25, 0.3) is 5.91 Å². The quantitative estimate of drug-likeness (QED) is 0.716. The van der Waals surface area contributed by atoms with Gasteiger partial charge in [0, 0.05) is 23.5 Å². The van der Waals surface area contributed by atoms with Crippen molar-refractivity contribution < 1.29 is 4.79 Å². The molecule has 2 aromatic carbocycles. The van der Waals surface area contributed by atoms with Crippen LogP contribution in [0, 0.1) is 0 Å². The summed E-state index contributed by atoms with van der Waals surface area (Å²) >= 11 is 0. The van der Waals surface area contributed by atoms with Crippen LogP contribution in [0.5, 0.6) is 0 Å². The number of aromatic nitrogens is 2. The average molecular weight is 377 g/mol. The summed E-state index contributed by atoms with van der Waals surface area (Å²) in [6.45, 7) is 3.15. The average Bonchev–Trinajstić information content (AvgIpc) is 3.18. The third kappa shape index (κ3) is 4.08. The van der Waals surface area contributed by atoms with E-state index in [2.05, 4.69) is 45.5 Å². The topological polar surface area (TPSA) is 64.3 Å². The fraction of sp³-hybridized carbons (Fsp3) is 0.364. The molecule has 1 aliphatic heterocycles. The first kappa shape index (κ1) is 18.7. The number of para-hydroxylation sites is 1. The van der Waals surface area contributed by atoms with Crippen molar-refractivity contribution in [3.63, 3.8) is 0 Å². The number of hydrogen-bond donors (Lipinski definition) is 2. The Labute approximate surface area is 165 Å². The van der Waals surface area contributed by atoms with Crippen LogP contribution in [0.25, 0.3) is 10.9 Å². The van der Waals surface area contributed by atoms with E-state index < -0.39 is 0 Å². The number of benzene rings is 2. The number of hydrogen-bond acceptors (Lipinski definition) is 4. The molecule has 1 amide bonds. The maximum absolute atomic E-state index is 12.8. The second-order valence-corrected chi connectivity index (χ2v) is 7.74. The van der Waals surface area contributed by atoms with Crippen LogP contribution in [0.3, 0.4) is 0 Å². The highest BCUT2D eigenvalue weighted by atomic mass is 16.1. The van der Waals surface area contributed by atoms with Gasteiger partial charge in [0.05, 0.1) is 17.4 Å². The Hall–Kier alpha value is -2.70. The van der Waals surface area contributed by atoms with E-state index in [1.54, 1.807) is 6.20 Å². The number of fused-ring (bicyclic) bond motifs is 1. The Bertz CT molecular complexity index is 958. The number of nitrogens with one attached hydrogen (secondary N) is 2. The zero-order valence-electron chi connectivity index (χ0n) is 16.5. The number of aromatic amines is 1. The Kier molecular flexibility index (Phi) is 5.41. The van der Waals surface area contributed by atoms with E-state index in [4.69, 9.17) is 0 Å². The van der Waals surface area contributed by atoms with E-state index in [0.717, 1.165) is 41.8 Å². The molecule has 0 aliphatic carbocycles. The van der Waals surface area contributed by atoms with E-state index in [1.165, 1.54) is 12.8 Å². The molecule has 0 radical (unpaired) electrons. The number of nitrogens with zero attached hydrogens (tertiary/aromatic N) is 3. The van der Waals surface area contributed by atoms with E-state index >= 15 is 0 Å². The van der Waals surface area contributed by atoms with Crippen LogP contribution >= 0.6 is 0 Å². The maximum Gasteiger partial charge on any atom is 0.255 e. The Morgan fingerprint density at radius 1 is 1.25 bits per heavy atom. The van der Waals surface area contributed by atoms with Crippen molar-refractivity contribution in [2.24, 2.45) is 0 Å². The van der Waals surface area contributed by atoms with E-state index in [-0.39, 0.29) is 5.91 Å². The second kappa shape index (κ2) is 8.12. The molecule has 146 valence electrons. The van der Waals surface area contributed by atoms with Gasteiger partial charge in [-0.1, -0.05) is 24.3 Å². The molecule has 1 aliphatic rings. The van der Waals surface area contributed by atoms with E-state index in [1.807, 2.05) is 36.4 Å². The third-order valence-electron chi connectivity index (χ3n) is 5.66. The largest absolute Gasteiger partial charge is 0.320 e. The van der Waals surface area contributed by atoms with Crippen LogP contribution in [0.1, 0.15) is 28.8 Å². The minimum absolute atomic E-state index is 0.106. The van der Waals surface area contributed by atoms with E-state index in [0.29, 0.717) is 11.6 Å². The predicted octanol–water partition coefficient (Wildman–Crippen LogP) is 3.34. The molecule has 2 heterocycles. The van der Waals surface area contributed by atoms with Gasteiger partial charge in [0.1, 0.15) is 0 Å². The summed E-state index contributed by atoms with van der Waals surface area (Å²) in [5.41, 5.74) is 3.42. The van der Waals surface area contributed by atoms with Gasteiger partial charge in [-0.3, -0.25) is 14.8 Å². The zero-order chi connectivity index (χ0) is 19.5. The summed E-state index contributed by atoms with van der Waals surface area (Å²) in [5.74, 6) is -0.106. The monoisotopic (exact) mass is 377 g/mol. The Morgan fingerprint density at radius 2 is 2.04 bits per heavy atom. The van der Waals surface area contributed by atoms with Crippen molar-refractivity contribution in [3.8, 4) is 0 Å². The van der Waals surface area contributed by atoms with Crippen molar-refractivity contribution in [3.05, 3.63) is 59.8 Å². The lowest BCUT2D eigenvalue weighted by atomic mass is 10.0. The number of H-pyrrole nitrogens is 1. The standard InChI is InChI=1S/C22H27N5O/c1-26-11-9-19(10-12-26)27(2)15-16-5-3-6-17(13-16)22(28)24-20-8-4-7-18-14-23-25-21(18)20/h3-8,13-14,19H,9-12,15H2,1-2H3,(H,23,25)(H,24,28). The summed E-state index contributed by atoms with van der Waals surface area (Å²) in [7, 11) is 4.36. The van der Waals surface area contributed by atoms with Crippen LogP contribution < -0.4 is 5.32 Å². The lowest BCUT2D eigenvalue weighted by molar-refractivity contribution is 0.102. The molecule has 4 rings (SSSR count). The maximum atomic E-state index is 12.8. The molecule has 1 fully saturated rings. The van der Waals surface area contributed by atoms with Gasteiger partial charge in [-0.25, -0.2) is 0 Å². The molecule has 0 saturated carbocycles. The first-order chi connectivity index (χ1) is 13.6. The van der Waals surface area contributed by atoms with Gasteiger partial charge >= 0.3 is 0 Å². The summed E-state index contributed by atoms with van der Waals surface area (Å²) in [6.07, 6.45) is 4.15. The van der Waals surface area contributed by atoms with Crippen molar-refractivity contribution in [2.45, 2.75) is 25.4 Å². The molecular weight excluding hydrogens is 350 g/mol. The van der Waals surface area contributed by atoms with Crippen molar-refractivity contribution >= 4 is 22.5 Å². The Balaban J connectivity index is 1.44. The van der Waals surface area contributed by atoms with Gasteiger partial charge in [0.15, 0.2) is 0 Å². The van der Waals surface area contributed by atoms with Gasteiger partial charge in [0.2, 0.25) is 0 Å². The number of carbonyl (C=O) groups excluding carboxylic acids is 1. The molecule has 0 unspecified atom stereocenters. The molecule has 1 aromatic heterocycles. The Morgan fingerprint density at radius 3 is 2.86 bits per heavy atom. The summed E-state index contributed by atoms with van der Waals surface area (Å²) < 4.78 is 0. The number of anilines is 1. The molecular formula is C22H27N5O. The smallest absolute Gasteiger partial charge is 0.255 e. The third-order valence-corrected chi connectivity index (χ3v) is 5.66. The number of carbonyl (C=O) groups is 1. The highest BCUT2D eigenvalue weighted by Gasteiger charge is 2.20.